The first kappa shape index (κ1) is 8.49. The molecule has 1 nitrogen and oxygen atoms in total. The molecule has 1 N–H and O–H groups in total. The quantitative estimate of drug-likeness (QED) is 0.712. The molecule has 1 saturated heterocycles. The molecule has 14 heavy (non-hydrogen) atoms. The van der Waals surface area contributed by atoms with Crippen molar-refractivity contribution in [3.63, 3.8) is 0 Å². The van der Waals surface area contributed by atoms with Gasteiger partial charge in [-0.15, -0.1) is 0 Å². The maximum absolute atomic E-state index is 3.66. The Kier molecular flexibility index (Phi) is 2.06. The lowest BCUT2D eigenvalue weighted by Gasteiger charge is -2.30. The molecule has 0 radical (unpaired) electrons. The molecule has 0 spiro atoms. The summed E-state index contributed by atoms with van der Waals surface area (Å²) in [5.41, 5.74) is 1.53. The molecule has 74 valence electrons. The van der Waals surface area contributed by atoms with Crippen LogP contribution in [-0.2, 0) is 0 Å². The summed E-state index contributed by atoms with van der Waals surface area (Å²) in [6.07, 6.45) is 4.23. The maximum Gasteiger partial charge on any atom is 0.00702 e. The summed E-state index contributed by atoms with van der Waals surface area (Å²) in [6.45, 7) is 1.19. The van der Waals surface area contributed by atoms with Crippen molar-refractivity contribution in [2.45, 2.75) is 31.2 Å². The molecule has 0 aromatic heterocycles. The second-order valence-electron chi connectivity index (χ2n) is 4.70. The van der Waals surface area contributed by atoms with E-state index in [0.29, 0.717) is 0 Å². The van der Waals surface area contributed by atoms with Gasteiger partial charge in [-0.3, -0.25) is 0 Å². The van der Waals surface area contributed by atoms with Crippen molar-refractivity contribution >= 4 is 0 Å². The Morgan fingerprint density at radius 2 is 1.93 bits per heavy atom. The molecule has 1 aromatic carbocycles. The van der Waals surface area contributed by atoms with Crippen LogP contribution in [0.25, 0.3) is 0 Å². The van der Waals surface area contributed by atoms with E-state index in [1.54, 1.807) is 0 Å². The third-order valence-electron chi connectivity index (χ3n) is 3.90. The van der Waals surface area contributed by atoms with E-state index in [-0.39, 0.29) is 0 Å². The van der Waals surface area contributed by atoms with Gasteiger partial charge in [0.1, 0.15) is 0 Å². The van der Waals surface area contributed by atoms with E-state index in [1.807, 2.05) is 0 Å². The van der Waals surface area contributed by atoms with Crippen LogP contribution in [0, 0.1) is 5.92 Å². The predicted molar refractivity (Wildman–Crippen MR) is 58.3 cm³/mol. The van der Waals surface area contributed by atoms with Crippen LogP contribution in [0.5, 0.6) is 0 Å². The second kappa shape index (κ2) is 3.39. The first-order valence-corrected chi connectivity index (χ1v) is 5.72. The van der Waals surface area contributed by atoms with Crippen LogP contribution >= 0.6 is 0 Å². The highest BCUT2D eigenvalue weighted by molar-refractivity contribution is 5.22. The van der Waals surface area contributed by atoms with Crippen LogP contribution in [0.2, 0.25) is 0 Å². The van der Waals surface area contributed by atoms with Crippen LogP contribution in [0.3, 0.4) is 0 Å². The summed E-state index contributed by atoms with van der Waals surface area (Å²) in [7, 11) is 0. The van der Waals surface area contributed by atoms with Crippen molar-refractivity contribution in [2.75, 3.05) is 6.54 Å². The van der Waals surface area contributed by atoms with Gasteiger partial charge in [-0.2, -0.15) is 0 Å². The van der Waals surface area contributed by atoms with Crippen molar-refractivity contribution in [3.05, 3.63) is 35.9 Å². The zero-order valence-corrected chi connectivity index (χ0v) is 8.45. The van der Waals surface area contributed by atoms with E-state index in [1.165, 1.54) is 31.4 Å². The molecule has 1 heterocycles. The van der Waals surface area contributed by atoms with Crippen LogP contribution in [0.4, 0.5) is 0 Å². The Labute approximate surface area is 85.5 Å². The summed E-state index contributed by atoms with van der Waals surface area (Å²) in [4.78, 5) is 0. The SMILES string of the molecule is c1ccc([C@@H]2CN[C@@H]3CC[C@H]2C3)cc1. The van der Waals surface area contributed by atoms with Crippen molar-refractivity contribution in [1.82, 2.24) is 5.32 Å². The summed E-state index contributed by atoms with van der Waals surface area (Å²) in [5, 5.41) is 3.66. The van der Waals surface area contributed by atoms with Gasteiger partial charge in [0.2, 0.25) is 0 Å². The molecule has 1 saturated carbocycles. The first-order chi connectivity index (χ1) is 6.93. The van der Waals surface area contributed by atoms with E-state index >= 15 is 0 Å². The largest absolute Gasteiger partial charge is 0.313 e. The lowest BCUT2D eigenvalue weighted by molar-refractivity contribution is 0.341. The number of piperidine rings is 1. The van der Waals surface area contributed by atoms with E-state index in [2.05, 4.69) is 35.6 Å². The van der Waals surface area contributed by atoms with Crippen LogP contribution in [0.15, 0.2) is 30.3 Å². The fourth-order valence-electron chi connectivity index (χ4n) is 3.12. The molecule has 2 bridgehead atoms. The van der Waals surface area contributed by atoms with Crippen molar-refractivity contribution in [1.29, 1.82) is 0 Å². The molecule has 1 aliphatic carbocycles. The summed E-state index contributed by atoms with van der Waals surface area (Å²) < 4.78 is 0. The number of hydrogen-bond acceptors (Lipinski definition) is 1. The molecule has 0 amide bonds. The smallest absolute Gasteiger partial charge is 0.00702 e. The Morgan fingerprint density at radius 3 is 2.79 bits per heavy atom. The Hall–Kier alpha value is -0.820. The van der Waals surface area contributed by atoms with E-state index in [9.17, 15) is 0 Å². The maximum atomic E-state index is 3.66. The van der Waals surface area contributed by atoms with Crippen molar-refractivity contribution < 1.29 is 0 Å². The minimum Gasteiger partial charge on any atom is -0.313 e. The molecule has 1 heteroatoms. The zero-order chi connectivity index (χ0) is 9.38. The molecule has 3 rings (SSSR count). The number of nitrogens with one attached hydrogen (secondary N) is 1. The van der Waals surface area contributed by atoms with E-state index in [4.69, 9.17) is 0 Å². The lowest BCUT2D eigenvalue weighted by atomic mass is 9.83. The minimum atomic E-state index is 0.773. The summed E-state index contributed by atoms with van der Waals surface area (Å²) >= 11 is 0. The highest BCUT2D eigenvalue weighted by Gasteiger charge is 2.35. The number of fused-ring (bicyclic) bond motifs is 2. The molecular formula is C13H17N. The molecule has 0 unspecified atom stereocenters. The topological polar surface area (TPSA) is 12.0 Å². The molecule has 2 aliphatic rings. The zero-order valence-electron chi connectivity index (χ0n) is 8.45. The number of benzene rings is 1. The van der Waals surface area contributed by atoms with Gasteiger partial charge < -0.3 is 5.32 Å². The molecular weight excluding hydrogens is 170 g/mol. The average Bonchev–Trinajstić information content (AvgIpc) is 2.62. The predicted octanol–water partition coefficient (Wildman–Crippen LogP) is 2.54. The third-order valence-corrected chi connectivity index (χ3v) is 3.90. The van der Waals surface area contributed by atoms with Gasteiger partial charge in [0, 0.05) is 12.6 Å². The van der Waals surface area contributed by atoms with E-state index in [0.717, 1.165) is 17.9 Å². The molecule has 2 fully saturated rings. The van der Waals surface area contributed by atoms with Gasteiger partial charge in [-0.1, -0.05) is 30.3 Å². The monoisotopic (exact) mass is 187 g/mol. The molecule has 3 atom stereocenters. The van der Waals surface area contributed by atoms with E-state index < -0.39 is 0 Å². The van der Waals surface area contributed by atoms with Gasteiger partial charge in [0.25, 0.3) is 0 Å². The average molecular weight is 187 g/mol. The lowest BCUT2D eigenvalue weighted by Crippen LogP contribution is -2.37. The Morgan fingerprint density at radius 1 is 1.07 bits per heavy atom. The van der Waals surface area contributed by atoms with Crippen LogP contribution in [-0.4, -0.2) is 12.6 Å². The highest BCUT2D eigenvalue weighted by Crippen LogP contribution is 2.40. The standard InChI is InChI=1S/C13H17N/c1-2-4-10(5-3-1)13-9-14-12-7-6-11(13)8-12/h1-5,11-14H,6-9H2/t11-,12+,13-/m0/s1. The third kappa shape index (κ3) is 1.36. The minimum absolute atomic E-state index is 0.773. The van der Waals surface area contributed by atoms with Gasteiger partial charge in [0.05, 0.1) is 0 Å². The fraction of sp³-hybridized carbons (Fsp3) is 0.538. The Bertz CT molecular complexity index is 306. The van der Waals surface area contributed by atoms with Gasteiger partial charge in [-0.05, 0) is 36.7 Å². The normalized spacial score (nSPS) is 35.9. The number of hydrogen-bond donors (Lipinski definition) is 1. The van der Waals surface area contributed by atoms with Gasteiger partial charge in [0.15, 0.2) is 0 Å². The van der Waals surface area contributed by atoms with Gasteiger partial charge in [-0.25, -0.2) is 0 Å². The highest BCUT2D eigenvalue weighted by atomic mass is 14.9. The summed E-state index contributed by atoms with van der Waals surface area (Å²) in [6, 6.07) is 11.8. The number of rotatable bonds is 1. The molecule has 1 aromatic rings. The fourth-order valence-corrected chi connectivity index (χ4v) is 3.12. The Balaban J connectivity index is 1.85. The first-order valence-electron chi connectivity index (χ1n) is 5.72. The van der Waals surface area contributed by atoms with Crippen molar-refractivity contribution in [3.8, 4) is 0 Å². The van der Waals surface area contributed by atoms with Crippen molar-refractivity contribution in [2.24, 2.45) is 5.92 Å². The van der Waals surface area contributed by atoms with Crippen LogP contribution < -0.4 is 5.32 Å². The molecule has 1 aliphatic heterocycles. The van der Waals surface area contributed by atoms with Gasteiger partial charge >= 0.3 is 0 Å². The second-order valence-corrected chi connectivity index (χ2v) is 4.70. The summed E-state index contributed by atoms with van der Waals surface area (Å²) in [5.74, 6) is 1.72. The van der Waals surface area contributed by atoms with Crippen LogP contribution in [0.1, 0.15) is 30.7 Å².